The molecule has 3 rings (SSSR count). The van der Waals surface area contributed by atoms with Crippen LogP contribution in [0.5, 0.6) is 5.75 Å². The number of Topliss-reactive ketones (excluding diaryl/α,β-unsaturated/α-hetero) is 1. The summed E-state index contributed by atoms with van der Waals surface area (Å²) in [4.78, 5) is 19.0. The average molecular weight is 439 g/mol. The van der Waals surface area contributed by atoms with E-state index in [1.54, 1.807) is 0 Å². The highest BCUT2D eigenvalue weighted by Gasteiger charge is 2.21. The summed E-state index contributed by atoms with van der Waals surface area (Å²) in [6.45, 7) is 7.65. The van der Waals surface area contributed by atoms with Gasteiger partial charge in [-0.25, -0.2) is 0 Å². The van der Waals surface area contributed by atoms with Gasteiger partial charge in [0, 0.05) is 37.5 Å². The Morgan fingerprint density at radius 1 is 1.03 bits per heavy atom. The fourth-order valence-corrected chi connectivity index (χ4v) is 4.62. The molecule has 0 amide bonds. The molecular formula is C28H42N2O2. The smallest absolute Gasteiger partial charge is 0.146 e. The minimum Gasteiger partial charge on any atom is -0.488 e. The number of unbranched alkanes of at least 4 members (excludes halogenated alkanes) is 4. The fraction of sp³-hybridized carbons (Fsp3) is 0.643. The van der Waals surface area contributed by atoms with Gasteiger partial charge in [0.15, 0.2) is 0 Å². The van der Waals surface area contributed by atoms with Gasteiger partial charge in [0.25, 0.3) is 0 Å². The van der Waals surface area contributed by atoms with Crippen LogP contribution in [-0.2, 0) is 11.2 Å². The van der Waals surface area contributed by atoms with Gasteiger partial charge < -0.3 is 9.64 Å². The van der Waals surface area contributed by atoms with Crippen molar-refractivity contribution in [1.29, 1.82) is 0 Å². The van der Waals surface area contributed by atoms with Crippen LogP contribution in [0.15, 0.2) is 30.5 Å². The van der Waals surface area contributed by atoms with Crippen LogP contribution in [0.25, 0.3) is 10.9 Å². The molecule has 1 fully saturated rings. The van der Waals surface area contributed by atoms with Crippen molar-refractivity contribution in [2.75, 3.05) is 19.6 Å². The number of aryl methyl sites for hydroxylation is 1. The largest absolute Gasteiger partial charge is 0.488 e. The van der Waals surface area contributed by atoms with E-state index in [-0.39, 0.29) is 6.10 Å². The zero-order chi connectivity index (χ0) is 22.6. The first-order valence-corrected chi connectivity index (χ1v) is 13.0. The first-order chi connectivity index (χ1) is 15.7. The van der Waals surface area contributed by atoms with Gasteiger partial charge >= 0.3 is 0 Å². The number of carbonyl (C=O) groups is 1. The summed E-state index contributed by atoms with van der Waals surface area (Å²) in [6.07, 6.45) is 14.9. The highest BCUT2D eigenvalue weighted by molar-refractivity contribution is 5.85. The number of rotatable bonds is 14. The van der Waals surface area contributed by atoms with Gasteiger partial charge in [-0.2, -0.15) is 0 Å². The molecule has 0 radical (unpaired) electrons. The molecule has 0 bridgehead atoms. The third kappa shape index (κ3) is 7.88. The van der Waals surface area contributed by atoms with Crippen molar-refractivity contribution in [1.82, 2.24) is 9.88 Å². The van der Waals surface area contributed by atoms with Crippen LogP contribution in [-0.4, -0.2) is 41.4 Å². The number of hydrogen-bond donors (Lipinski definition) is 0. The van der Waals surface area contributed by atoms with Gasteiger partial charge in [-0.05, 0) is 75.3 Å². The summed E-state index contributed by atoms with van der Waals surface area (Å²) in [5.74, 6) is 1.40. The molecule has 1 aromatic heterocycles. The maximum Gasteiger partial charge on any atom is 0.146 e. The number of pyridine rings is 1. The highest BCUT2D eigenvalue weighted by atomic mass is 16.5. The van der Waals surface area contributed by atoms with E-state index in [4.69, 9.17) is 4.74 Å². The van der Waals surface area contributed by atoms with Crippen LogP contribution in [0.2, 0.25) is 0 Å². The molecule has 0 spiro atoms. The van der Waals surface area contributed by atoms with Crippen molar-refractivity contribution in [3.05, 3.63) is 36.0 Å². The van der Waals surface area contributed by atoms with E-state index in [0.717, 1.165) is 88.7 Å². The van der Waals surface area contributed by atoms with E-state index in [2.05, 4.69) is 41.9 Å². The first-order valence-electron chi connectivity index (χ1n) is 13.0. The Morgan fingerprint density at radius 2 is 1.81 bits per heavy atom. The minimum absolute atomic E-state index is 0.262. The number of nitrogens with zero attached hydrogens (tertiary/aromatic N) is 2. The van der Waals surface area contributed by atoms with Crippen LogP contribution < -0.4 is 4.74 Å². The van der Waals surface area contributed by atoms with Crippen LogP contribution in [0.1, 0.15) is 90.0 Å². The molecule has 1 saturated heterocycles. The highest BCUT2D eigenvalue weighted by Crippen LogP contribution is 2.29. The number of hydrogen-bond acceptors (Lipinski definition) is 4. The predicted molar refractivity (Wildman–Crippen MR) is 133 cm³/mol. The van der Waals surface area contributed by atoms with Gasteiger partial charge in [0.05, 0.1) is 0 Å². The molecule has 2 aromatic rings. The molecule has 1 aliphatic heterocycles. The maximum atomic E-state index is 11.8. The van der Waals surface area contributed by atoms with Crippen LogP contribution >= 0.6 is 0 Å². The van der Waals surface area contributed by atoms with Crippen molar-refractivity contribution in [2.45, 2.75) is 97.0 Å². The summed E-state index contributed by atoms with van der Waals surface area (Å²) < 4.78 is 6.52. The number of ketones is 1. The van der Waals surface area contributed by atoms with Gasteiger partial charge in [-0.1, -0.05) is 39.2 Å². The molecule has 2 heterocycles. The zero-order valence-corrected chi connectivity index (χ0v) is 20.3. The molecular weight excluding hydrogens is 396 g/mol. The number of likely N-dealkylation sites (tertiary alicyclic amines) is 1. The van der Waals surface area contributed by atoms with Gasteiger partial charge in [-0.3, -0.25) is 9.78 Å². The second kappa shape index (κ2) is 13.6. The van der Waals surface area contributed by atoms with E-state index in [9.17, 15) is 4.79 Å². The lowest BCUT2D eigenvalue weighted by atomic mass is 10.0. The van der Waals surface area contributed by atoms with E-state index in [1.807, 2.05) is 12.3 Å². The monoisotopic (exact) mass is 438 g/mol. The average Bonchev–Trinajstić information content (AvgIpc) is 2.82. The van der Waals surface area contributed by atoms with Crippen molar-refractivity contribution in [2.24, 2.45) is 0 Å². The molecule has 4 heteroatoms. The van der Waals surface area contributed by atoms with Crippen LogP contribution in [0.3, 0.4) is 0 Å². The zero-order valence-electron chi connectivity index (χ0n) is 20.3. The SMILES string of the molecule is CCCCCc1cc(OC2CCN(CCCCC(=O)CCCC)CC2)c2ncccc2c1. The first kappa shape index (κ1) is 24.7. The third-order valence-corrected chi connectivity index (χ3v) is 6.62. The number of ether oxygens (including phenoxy) is 1. The Kier molecular flexibility index (Phi) is 10.5. The third-order valence-electron chi connectivity index (χ3n) is 6.62. The Labute approximate surface area is 194 Å². The summed E-state index contributed by atoms with van der Waals surface area (Å²) in [7, 11) is 0. The van der Waals surface area contributed by atoms with Crippen LogP contribution in [0.4, 0.5) is 0 Å². The molecule has 0 aliphatic carbocycles. The Balaban J connectivity index is 1.46. The quantitative estimate of drug-likeness (QED) is 0.306. The van der Waals surface area contributed by atoms with E-state index >= 15 is 0 Å². The van der Waals surface area contributed by atoms with E-state index in [1.165, 1.54) is 30.2 Å². The summed E-state index contributed by atoms with van der Waals surface area (Å²) in [5, 5.41) is 1.18. The van der Waals surface area contributed by atoms with Crippen molar-refractivity contribution in [3.63, 3.8) is 0 Å². The second-order valence-corrected chi connectivity index (χ2v) is 9.38. The lowest BCUT2D eigenvalue weighted by Crippen LogP contribution is -2.38. The van der Waals surface area contributed by atoms with E-state index in [0.29, 0.717) is 5.78 Å². The summed E-state index contributed by atoms with van der Waals surface area (Å²) in [5.41, 5.74) is 2.35. The van der Waals surface area contributed by atoms with Crippen molar-refractivity contribution >= 4 is 16.7 Å². The minimum atomic E-state index is 0.262. The number of carbonyl (C=O) groups excluding carboxylic acids is 1. The van der Waals surface area contributed by atoms with E-state index < -0.39 is 0 Å². The predicted octanol–water partition coefficient (Wildman–Crippen LogP) is 6.74. The standard InChI is InChI=1S/C28H42N2O2/c1-3-5-7-11-23-21-24-12-10-17-29-28(24)27(22-23)32-26-15-19-30(20-16-26)18-9-8-14-25(31)13-6-4-2/h10,12,17,21-22,26H,3-9,11,13-16,18-20H2,1-2H3. The molecule has 0 saturated carbocycles. The Bertz CT molecular complexity index is 827. The maximum absolute atomic E-state index is 11.8. The molecule has 0 N–H and O–H groups in total. The van der Waals surface area contributed by atoms with Gasteiger partial charge in [0.2, 0.25) is 0 Å². The normalized spacial score (nSPS) is 15.3. The molecule has 4 nitrogen and oxygen atoms in total. The Morgan fingerprint density at radius 3 is 2.59 bits per heavy atom. The summed E-state index contributed by atoms with van der Waals surface area (Å²) >= 11 is 0. The van der Waals surface area contributed by atoms with Crippen molar-refractivity contribution < 1.29 is 9.53 Å². The molecule has 1 aromatic carbocycles. The molecule has 1 aliphatic rings. The lowest BCUT2D eigenvalue weighted by molar-refractivity contribution is -0.119. The van der Waals surface area contributed by atoms with Crippen LogP contribution in [0, 0.1) is 0 Å². The topological polar surface area (TPSA) is 42.4 Å². The van der Waals surface area contributed by atoms with Gasteiger partial charge in [0.1, 0.15) is 23.2 Å². The molecule has 0 atom stereocenters. The molecule has 32 heavy (non-hydrogen) atoms. The number of fused-ring (bicyclic) bond motifs is 1. The van der Waals surface area contributed by atoms with Crippen molar-refractivity contribution in [3.8, 4) is 5.75 Å². The Hall–Kier alpha value is -1.94. The summed E-state index contributed by atoms with van der Waals surface area (Å²) in [6, 6.07) is 8.67. The second-order valence-electron chi connectivity index (χ2n) is 9.38. The number of benzene rings is 1. The lowest BCUT2D eigenvalue weighted by Gasteiger charge is -2.32. The number of piperidine rings is 1. The molecule has 176 valence electrons. The fourth-order valence-electron chi connectivity index (χ4n) is 4.62. The number of aromatic nitrogens is 1. The molecule has 0 unspecified atom stereocenters. The van der Waals surface area contributed by atoms with Gasteiger partial charge in [-0.15, -0.1) is 0 Å².